The van der Waals surface area contributed by atoms with Gasteiger partial charge in [-0.1, -0.05) is 17.8 Å². The van der Waals surface area contributed by atoms with Gasteiger partial charge in [-0.15, -0.1) is 11.8 Å². The first kappa shape index (κ1) is 24.1. The largest absolute Gasteiger partial charge is 0.379 e. The van der Waals surface area contributed by atoms with Gasteiger partial charge in [0.05, 0.1) is 34.9 Å². The summed E-state index contributed by atoms with van der Waals surface area (Å²) in [4.78, 5) is 18.4. The van der Waals surface area contributed by atoms with E-state index in [1.54, 1.807) is 30.0 Å². The lowest BCUT2D eigenvalue weighted by atomic mass is 10.3. The molecule has 0 saturated carbocycles. The van der Waals surface area contributed by atoms with Gasteiger partial charge in [-0.05, 0) is 49.6 Å². The maximum atomic E-state index is 13.0. The van der Waals surface area contributed by atoms with Crippen molar-refractivity contribution in [2.24, 2.45) is 0 Å². The molecule has 11 heteroatoms. The van der Waals surface area contributed by atoms with E-state index in [9.17, 15) is 13.2 Å². The molecule has 1 aliphatic heterocycles. The Morgan fingerprint density at radius 1 is 1.18 bits per heavy atom. The fourth-order valence-corrected chi connectivity index (χ4v) is 6.39. The molecule has 4 rings (SSSR count). The highest BCUT2D eigenvalue weighted by Crippen LogP contribution is 2.28. The second kappa shape index (κ2) is 10.5. The number of benzene rings is 2. The zero-order chi connectivity index (χ0) is 23.4. The predicted octanol–water partition coefficient (Wildman–Crippen LogP) is 3.53. The number of hydrogen-bond donors (Lipinski definition) is 1. The summed E-state index contributed by atoms with van der Waals surface area (Å²) in [5.41, 5.74) is 2.20. The van der Waals surface area contributed by atoms with Gasteiger partial charge in [0.1, 0.15) is 0 Å². The van der Waals surface area contributed by atoms with Gasteiger partial charge >= 0.3 is 0 Å². The van der Waals surface area contributed by atoms with Gasteiger partial charge in [-0.25, -0.2) is 13.4 Å². The Bertz CT molecular complexity index is 1250. The minimum absolute atomic E-state index is 0.122. The van der Waals surface area contributed by atoms with Crippen molar-refractivity contribution < 1.29 is 17.9 Å². The van der Waals surface area contributed by atoms with Crippen LogP contribution in [0.1, 0.15) is 6.92 Å². The van der Waals surface area contributed by atoms with Crippen molar-refractivity contribution in [2.75, 3.05) is 43.6 Å². The van der Waals surface area contributed by atoms with E-state index in [2.05, 4.69) is 10.3 Å². The number of aryl methyl sites for hydroxylation is 1. The highest BCUT2D eigenvalue weighted by molar-refractivity contribution is 7.99. The van der Waals surface area contributed by atoms with Gasteiger partial charge in [0, 0.05) is 30.2 Å². The quantitative estimate of drug-likeness (QED) is 0.467. The van der Waals surface area contributed by atoms with Crippen molar-refractivity contribution in [1.82, 2.24) is 13.9 Å². The van der Waals surface area contributed by atoms with Crippen LogP contribution in [-0.4, -0.2) is 66.5 Å². The van der Waals surface area contributed by atoms with Crippen molar-refractivity contribution in [3.05, 3.63) is 42.5 Å². The standard InChI is InChI=1S/C22H26N4O4S3/c1-3-26-20-8-7-18(33(28,29)25-9-11-30-12-10-25)14-19(20)24-22(26)32-15-21(27)23-16-5-4-6-17(13-16)31-2/h4-8,13-14H,3,9-12,15H2,1-2H3,(H,23,27). The molecule has 3 aromatic rings. The smallest absolute Gasteiger partial charge is 0.243 e. The molecule has 0 atom stereocenters. The van der Waals surface area contributed by atoms with Crippen LogP contribution in [-0.2, 0) is 26.1 Å². The number of aromatic nitrogens is 2. The average Bonchev–Trinajstić information content (AvgIpc) is 3.20. The third-order valence-electron chi connectivity index (χ3n) is 5.29. The number of imidazole rings is 1. The molecule has 8 nitrogen and oxygen atoms in total. The first-order valence-corrected chi connectivity index (χ1v) is 14.2. The number of ether oxygens (including phenoxy) is 1. The lowest BCUT2D eigenvalue weighted by molar-refractivity contribution is -0.113. The van der Waals surface area contributed by atoms with Crippen LogP contribution in [0.25, 0.3) is 11.0 Å². The summed E-state index contributed by atoms with van der Waals surface area (Å²) in [6.07, 6.45) is 1.99. The van der Waals surface area contributed by atoms with E-state index in [0.29, 0.717) is 43.5 Å². The molecule has 2 aromatic carbocycles. The van der Waals surface area contributed by atoms with Crippen molar-refractivity contribution >= 4 is 56.2 Å². The minimum atomic E-state index is -3.60. The molecule has 1 amide bonds. The number of carbonyl (C=O) groups excluding carboxylic acids is 1. The van der Waals surface area contributed by atoms with Crippen LogP contribution < -0.4 is 5.32 Å². The molecule has 1 fully saturated rings. The topological polar surface area (TPSA) is 93.5 Å². The molecule has 33 heavy (non-hydrogen) atoms. The molecule has 0 radical (unpaired) electrons. The number of nitrogens with one attached hydrogen (secondary N) is 1. The summed E-state index contributed by atoms with van der Waals surface area (Å²) < 4.78 is 34.7. The van der Waals surface area contributed by atoms with Crippen LogP contribution in [0.3, 0.4) is 0 Å². The van der Waals surface area contributed by atoms with Crippen LogP contribution in [0.2, 0.25) is 0 Å². The third-order valence-corrected chi connectivity index (χ3v) is 8.89. The van der Waals surface area contributed by atoms with Crippen molar-refractivity contribution in [2.45, 2.75) is 28.4 Å². The number of carbonyl (C=O) groups is 1. The van der Waals surface area contributed by atoms with Crippen LogP contribution in [0.15, 0.2) is 57.4 Å². The number of amides is 1. The summed E-state index contributed by atoms with van der Waals surface area (Å²) in [5.74, 6) is 0.0784. The number of nitrogens with zero attached hydrogens (tertiary/aromatic N) is 3. The first-order chi connectivity index (χ1) is 15.9. The molecule has 2 heterocycles. The molecule has 1 aliphatic rings. The van der Waals surface area contributed by atoms with Gasteiger partial charge in [0.25, 0.3) is 0 Å². The Morgan fingerprint density at radius 3 is 2.70 bits per heavy atom. The normalized spacial score (nSPS) is 15.1. The molecule has 1 N–H and O–H groups in total. The Labute approximate surface area is 202 Å². The Morgan fingerprint density at radius 2 is 1.97 bits per heavy atom. The van der Waals surface area contributed by atoms with E-state index in [1.807, 2.05) is 42.0 Å². The molecule has 176 valence electrons. The Balaban J connectivity index is 1.51. The number of hydrogen-bond acceptors (Lipinski definition) is 7. The van der Waals surface area contributed by atoms with Crippen molar-refractivity contribution in [3.8, 4) is 0 Å². The van der Waals surface area contributed by atoms with Gasteiger partial charge < -0.3 is 14.6 Å². The summed E-state index contributed by atoms with van der Waals surface area (Å²) in [5, 5.41) is 3.60. The number of sulfonamides is 1. The van der Waals surface area contributed by atoms with Crippen molar-refractivity contribution in [3.63, 3.8) is 0 Å². The van der Waals surface area contributed by atoms with E-state index in [-0.39, 0.29) is 16.6 Å². The van der Waals surface area contributed by atoms with Crippen LogP contribution >= 0.6 is 23.5 Å². The van der Waals surface area contributed by atoms with E-state index in [0.717, 1.165) is 16.1 Å². The summed E-state index contributed by atoms with van der Waals surface area (Å²) in [6, 6.07) is 12.7. The van der Waals surface area contributed by atoms with Crippen LogP contribution in [0.5, 0.6) is 0 Å². The SMILES string of the molecule is CCn1c(SCC(=O)Nc2cccc(SC)c2)nc2cc(S(=O)(=O)N3CCOCC3)ccc21. The highest BCUT2D eigenvalue weighted by atomic mass is 32.2. The monoisotopic (exact) mass is 506 g/mol. The van der Waals surface area contributed by atoms with Crippen LogP contribution in [0, 0.1) is 0 Å². The average molecular weight is 507 g/mol. The Kier molecular flexibility index (Phi) is 7.65. The van der Waals surface area contributed by atoms with E-state index >= 15 is 0 Å². The molecule has 0 unspecified atom stereocenters. The van der Waals surface area contributed by atoms with Gasteiger partial charge in [0.2, 0.25) is 15.9 Å². The molecule has 1 aromatic heterocycles. The number of thioether (sulfide) groups is 2. The molecular weight excluding hydrogens is 480 g/mol. The van der Waals surface area contributed by atoms with Crippen LogP contribution in [0.4, 0.5) is 5.69 Å². The van der Waals surface area contributed by atoms with E-state index in [4.69, 9.17) is 4.74 Å². The highest BCUT2D eigenvalue weighted by Gasteiger charge is 2.27. The van der Waals surface area contributed by atoms with E-state index < -0.39 is 10.0 Å². The number of rotatable bonds is 8. The second-order valence-electron chi connectivity index (χ2n) is 7.37. The minimum Gasteiger partial charge on any atom is -0.379 e. The molecule has 0 bridgehead atoms. The predicted molar refractivity (Wildman–Crippen MR) is 133 cm³/mol. The summed E-state index contributed by atoms with van der Waals surface area (Å²) in [7, 11) is -3.60. The maximum absolute atomic E-state index is 13.0. The zero-order valence-corrected chi connectivity index (χ0v) is 20.9. The molecular formula is C22H26N4O4S3. The van der Waals surface area contributed by atoms with E-state index in [1.165, 1.54) is 16.1 Å². The molecule has 0 aliphatic carbocycles. The number of anilines is 1. The fraction of sp³-hybridized carbons (Fsp3) is 0.364. The van der Waals surface area contributed by atoms with Gasteiger partial charge in [0.15, 0.2) is 5.16 Å². The second-order valence-corrected chi connectivity index (χ2v) is 11.1. The fourth-order valence-electron chi connectivity index (χ4n) is 3.63. The zero-order valence-electron chi connectivity index (χ0n) is 18.5. The Hall–Kier alpha value is -2.05. The molecule has 1 saturated heterocycles. The number of fused-ring (bicyclic) bond motifs is 1. The first-order valence-electron chi connectivity index (χ1n) is 10.6. The van der Waals surface area contributed by atoms with Crippen molar-refractivity contribution in [1.29, 1.82) is 0 Å². The molecule has 0 spiro atoms. The maximum Gasteiger partial charge on any atom is 0.243 e. The summed E-state index contributed by atoms with van der Waals surface area (Å²) in [6.45, 7) is 4.15. The lowest BCUT2D eigenvalue weighted by Crippen LogP contribution is -2.40. The number of morpholine rings is 1. The van der Waals surface area contributed by atoms with Gasteiger partial charge in [-0.2, -0.15) is 4.31 Å². The van der Waals surface area contributed by atoms with Gasteiger partial charge in [-0.3, -0.25) is 4.79 Å². The third kappa shape index (κ3) is 5.38. The summed E-state index contributed by atoms with van der Waals surface area (Å²) >= 11 is 2.95. The lowest BCUT2D eigenvalue weighted by Gasteiger charge is -2.26.